The van der Waals surface area contributed by atoms with Crippen molar-refractivity contribution in [1.82, 2.24) is 5.32 Å². The Balaban J connectivity index is 3.02. The molecule has 0 fully saturated rings. The van der Waals surface area contributed by atoms with Crippen LogP contribution in [0.1, 0.15) is 43.1 Å². The highest BCUT2D eigenvalue weighted by Crippen LogP contribution is 2.23. The van der Waals surface area contributed by atoms with Gasteiger partial charge in [-0.1, -0.05) is 26.8 Å². The molecule has 116 valence electrons. The van der Waals surface area contributed by atoms with Gasteiger partial charge in [-0.15, -0.1) is 0 Å². The average Bonchev–Trinajstić information content (AvgIpc) is 2.37. The summed E-state index contributed by atoms with van der Waals surface area (Å²) in [4.78, 5) is 22.6. The van der Waals surface area contributed by atoms with Gasteiger partial charge in [0, 0.05) is 30.3 Å². The van der Waals surface area contributed by atoms with Gasteiger partial charge < -0.3 is 10.4 Å². The highest BCUT2D eigenvalue weighted by Gasteiger charge is 2.27. The van der Waals surface area contributed by atoms with Crippen molar-refractivity contribution in [1.29, 1.82) is 0 Å². The van der Waals surface area contributed by atoms with E-state index in [1.165, 1.54) is 12.1 Å². The minimum Gasteiger partial charge on any atom is -0.396 e. The number of rotatable bonds is 5. The molecule has 6 heteroatoms. The molecule has 21 heavy (non-hydrogen) atoms. The maximum Gasteiger partial charge on any atom is 0.270 e. The van der Waals surface area contributed by atoms with Gasteiger partial charge in [-0.3, -0.25) is 14.9 Å². The van der Waals surface area contributed by atoms with Gasteiger partial charge in [0.25, 0.3) is 11.6 Å². The van der Waals surface area contributed by atoms with Gasteiger partial charge in [-0.25, -0.2) is 0 Å². The lowest BCUT2D eigenvalue weighted by atomic mass is 9.84. The average molecular weight is 294 g/mol. The lowest BCUT2D eigenvalue weighted by Gasteiger charge is -2.31. The number of nitrogens with zero attached hydrogens (tertiary/aromatic N) is 1. The standard InChI is InChI=1S/C15H22N2O4/c1-10-5-6-11(17(20)21)9-12(10)14(19)16-13(7-8-18)15(2,3)4/h5-6,9,13,18H,7-8H2,1-4H3,(H,16,19). The van der Waals surface area contributed by atoms with Gasteiger partial charge in [0.15, 0.2) is 0 Å². The van der Waals surface area contributed by atoms with Crippen molar-refractivity contribution >= 4 is 11.6 Å². The number of hydrogen-bond donors (Lipinski definition) is 2. The van der Waals surface area contributed by atoms with Crippen LogP contribution in [-0.2, 0) is 0 Å². The van der Waals surface area contributed by atoms with Crippen LogP contribution in [0.4, 0.5) is 5.69 Å². The maximum absolute atomic E-state index is 12.4. The Morgan fingerprint density at radius 2 is 2.05 bits per heavy atom. The number of carbonyl (C=O) groups excluding carboxylic acids is 1. The molecule has 0 aliphatic rings. The monoisotopic (exact) mass is 294 g/mol. The van der Waals surface area contributed by atoms with E-state index in [1.54, 1.807) is 13.0 Å². The van der Waals surface area contributed by atoms with E-state index in [0.717, 1.165) is 0 Å². The van der Waals surface area contributed by atoms with Gasteiger partial charge in [0.2, 0.25) is 0 Å². The van der Waals surface area contributed by atoms with Crippen molar-refractivity contribution in [3.63, 3.8) is 0 Å². The molecule has 0 radical (unpaired) electrons. The minimum absolute atomic E-state index is 0.0316. The van der Waals surface area contributed by atoms with E-state index in [4.69, 9.17) is 5.11 Å². The fourth-order valence-corrected chi connectivity index (χ4v) is 2.05. The van der Waals surface area contributed by atoms with Gasteiger partial charge in [0.1, 0.15) is 0 Å². The molecule has 1 atom stereocenters. The van der Waals surface area contributed by atoms with Crippen LogP contribution in [0.15, 0.2) is 18.2 Å². The first-order valence-electron chi connectivity index (χ1n) is 6.83. The molecule has 0 saturated heterocycles. The lowest BCUT2D eigenvalue weighted by Crippen LogP contribution is -2.44. The number of hydrogen-bond acceptors (Lipinski definition) is 4. The Morgan fingerprint density at radius 1 is 1.43 bits per heavy atom. The topological polar surface area (TPSA) is 92.5 Å². The van der Waals surface area contributed by atoms with Gasteiger partial charge >= 0.3 is 0 Å². The molecule has 1 amide bonds. The largest absolute Gasteiger partial charge is 0.396 e. The minimum atomic E-state index is -0.523. The summed E-state index contributed by atoms with van der Waals surface area (Å²) in [6.45, 7) is 7.60. The SMILES string of the molecule is Cc1ccc([N+](=O)[O-])cc1C(=O)NC(CCO)C(C)(C)C. The second kappa shape index (κ2) is 6.67. The summed E-state index contributed by atoms with van der Waals surface area (Å²) in [6.07, 6.45) is 0.434. The molecule has 0 spiro atoms. The van der Waals surface area contributed by atoms with Gasteiger partial charge in [0.05, 0.1) is 4.92 Å². The number of amides is 1. The molecule has 1 unspecified atom stereocenters. The van der Waals surface area contributed by atoms with Crippen LogP contribution in [0, 0.1) is 22.5 Å². The van der Waals surface area contributed by atoms with Gasteiger partial charge in [-0.2, -0.15) is 0 Å². The zero-order chi connectivity index (χ0) is 16.2. The van der Waals surface area contributed by atoms with Crippen LogP contribution in [0.5, 0.6) is 0 Å². The van der Waals surface area contributed by atoms with Crippen molar-refractivity contribution in [3.05, 3.63) is 39.4 Å². The normalized spacial score (nSPS) is 12.8. The Labute approximate surface area is 124 Å². The fourth-order valence-electron chi connectivity index (χ4n) is 2.05. The third kappa shape index (κ3) is 4.53. The molecule has 0 saturated carbocycles. The van der Waals surface area contributed by atoms with Gasteiger partial charge in [-0.05, 0) is 24.3 Å². The highest BCUT2D eigenvalue weighted by molar-refractivity contribution is 5.96. The van der Waals surface area contributed by atoms with Crippen LogP contribution >= 0.6 is 0 Å². The molecule has 0 bridgehead atoms. The molecule has 0 aromatic heterocycles. The number of aliphatic hydroxyl groups is 1. The summed E-state index contributed by atoms with van der Waals surface area (Å²) in [5.41, 5.74) is 0.638. The number of nitro benzene ring substituents is 1. The lowest BCUT2D eigenvalue weighted by molar-refractivity contribution is -0.384. The number of non-ortho nitro benzene ring substituents is 1. The van der Waals surface area contributed by atoms with Crippen molar-refractivity contribution < 1.29 is 14.8 Å². The molecule has 6 nitrogen and oxygen atoms in total. The second-order valence-electron chi connectivity index (χ2n) is 6.16. The maximum atomic E-state index is 12.4. The summed E-state index contributed by atoms with van der Waals surface area (Å²) in [5.74, 6) is -0.357. The Bertz CT molecular complexity index is 535. The Morgan fingerprint density at radius 3 is 2.52 bits per heavy atom. The summed E-state index contributed by atoms with van der Waals surface area (Å²) in [6, 6.07) is 4.00. The predicted octanol–water partition coefficient (Wildman–Crippen LogP) is 2.43. The first kappa shape index (κ1) is 17.1. The Kier molecular flexibility index (Phi) is 5.43. The van der Waals surface area contributed by atoms with E-state index in [1.807, 2.05) is 20.8 Å². The number of nitro groups is 1. The Hall–Kier alpha value is -1.95. The molecule has 2 N–H and O–H groups in total. The zero-order valence-corrected chi connectivity index (χ0v) is 12.8. The summed E-state index contributed by atoms with van der Waals surface area (Å²) in [7, 11) is 0. The molecular formula is C15H22N2O4. The third-order valence-corrected chi connectivity index (χ3v) is 3.45. The molecular weight excluding hydrogens is 272 g/mol. The van der Waals surface area contributed by atoms with Crippen molar-refractivity contribution in [2.24, 2.45) is 5.41 Å². The van der Waals surface area contributed by atoms with E-state index in [9.17, 15) is 14.9 Å². The number of aliphatic hydroxyl groups excluding tert-OH is 1. The smallest absolute Gasteiger partial charge is 0.270 e. The molecule has 1 aromatic carbocycles. The van der Waals surface area contributed by atoms with E-state index < -0.39 is 4.92 Å². The molecule has 0 aliphatic heterocycles. The van der Waals surface area contributed by atoms with E-state index in [2.05, 4.69) is 5.32 Å². The first-order valence-corrected chi connectivity index (χ1v) is 6.83. The van der Waals surface area contributed by atoms with Crippen LogP contribution < -0.4 is 5.32 Å². The van der Waals surface area contributed by atoms with Crippen LogP contribution in [-0.4, -0.2) is 28.6 Å². The van der Waals surface area contributed by atoms with E-state index >= 15 is 0 Å². The molecule has 0 aliphatic carbocycles. The van der Waals surface area contributed by atoms with E-state index in [-0.39, 0.29) is 35.2 Å². The van der Waals surface area contributed by atoms with Crippen LogP contribution in [0.25, 0.3) is 0 Å². The predicted molar refractivity (Wildman–Crippen MR) is 80.2 cm³/mol. The second-order valence-corrected chi connectivity index (χ2v) is 6.16. The zero-order valence-electron chi connectivity index (χ0n) is 12.8. The molecule has 0 heterocycles. The molecule has 1 rings (SSSR count). The van der Waals surface area contributed by atoms with Crippen molar-refractivity contribution in [2.45, 2.75) is 40.2 Å². The first-order chi connectivity index (χ1) is 9.66. The number of nitrogens with one attached hydrogen (secondary N) is 1. The fraction of sp³-hybridized carbons (Fsp3) is 0.533. The van der Waals surface area contributed by atoms with Crippen molar-refractivity contribution in [3.8, 4) is 0 Å². The summed E-state index contributed by atoms with van der Waals surface area (Å²) < 4.78 is 0. The number of aryl methyl sites for hydroxylation is 1. The highest BCUT2D eigenvalue weighted by atomic mass is 16.6. The summed E-state index contributed by atoms with van der Waals surface area (Å²) in [5, 5.41) is 22.8. The van der Waals surface area contributed by atoms with E-state index in [0.29, 0.717) is 12.0 Å². The van der Waals surface area contributed by atoms with Crippen LogP contribution in [0.2, 0.25) is 0 Å². The number of carbonyl (C=O) groups is 1. The summed E-state index contributed by atoms with van der Waals surface area (Å²) >= 11 is 0. The third-order valence-electron chi connectivity index (χ3n) is 3.45. The van der Waals surface area contributed by atoms with Crippen LogP contribution in [0.3, 0.4) is 0 Å². The molecule has 1 aromatic rings. The number of benzene rings is 1. The quantitative estimate of drug-likeness (QED) is 0.644. The van der Waals surface area contributed by atoms with Crippen molar-refractivity contribution in [2.75, 3.05) is 6.61 Å².